The third kappa shape index (κ3) is 2.77. The van der Waals surface area contributed by atoms with Crippen molar-refractivity contribution in [1.29, 1.82) is 5.41 Å². The SMILES string of the molecule is Cc1ccc(O)c(N/N=C2/C=CC(C)CC2=N)c1. The van der Waals surface area contributed by atoms with Gasteiger partial charge < -0.3 is 10.5 Å². The molecule has 0 aromatic heterocycles. The molecular formula is C14H17N3O. The number of rotatable bonds is 2. The lowest BCUT2D eigenvalue weighted by Crippen LogP contribution is -2.19. The predicted molar refractivity (Wildman–Crippen MR) is 74.5 cm³/mol. The van der Waals surface area contributed by atoms with Gasteiger partial charge in [0.05, 0.1) is 11.4 Å². The van der Waals surface area contributed by atoms with Crippen LogP contribution in [0.4, 0.5) is 5.69 Å². The standard InChI is InChI=1S/C14H17N3O/c1-9-3-5-12(11(15)7-9)16-17-13-8-10(2)4-6-14(13)18/h3-6,8-9,15,17-18H,7H2,1-2H3/b15-11?,16-12-. The van der Waals surface area contributed by atoms with Gasteiger partial charge in [0.25, 0.3) is 0 Å². The van der Waals surface area contributed by atoms with E-state index in [1.165, 1.54) is 0 Å². The van der Waals surface area contributed by atoms with Gasteiger partial charge in [-0.25, -0.2) is 0 Å². The monoisotopic (exact) mass is 243 g/mol. The summed E-state index contributed by atoms with van der Waals surface area (Å²) in [6.45, 7) is 4.02. The number of phenols is 1. The molecule has 0 amide bonds. The Morgan fingerprint density at radius 2 is 2.22 bits per heavy atom. The largest absolute Gasteiger partial charge is 0.506 e. The Kier molecular flexibility index (Phi) is 3.46. The summed E-state index contributed by atoms with van der Waals surface area (Å²) < 4.78 is 0. The van der Waals surface area contributed by atoms with Gasteiger partial charge in [-0.2, -0.15) is 5.10 Å². The van der Waals surface area contributed by atoms with E-state index < -0.39 is 0 Å². The van der Waals surface area contributed by atoms with Crippen molar-refractivity contribution in [3.05, 3.63) is 35.9 Å². The van der Waals surface area contributed by atoms with E-state index in [0.29, 0.717) is 29.4 Å². The molecule has 1 aliphatic rings. The zero-order valence-corrected chi connectivity index (χ0v) is 10.6. The first-order valence-electron chi connectivity index (χ1n) is 5.95. The number of aromatic hydroxyl groups is 1. The zero-order valence-electron chi connectivity index (χ0n) is 10.6. The van der Waals surface area contributed by atoms with Crippen LogP contribution in [0, 0.1) is 18.3 Å². The van der Waals surface area contributed by atoms with Crippen LogP contribution in [0.15, 0.2) is 35.5 Å². The number of nitrogens with one attached hydrogen (secondary N) is 2. The normalized spacial score (nSPS) is 21.3. The van der Waals surface area contributed by atoms with E-state index >= 15 is 0 Å². The third-order valence-electron chi connectivity index (χ3n) is 2.87. The quantitative estimate of drug-likeness (QED) is 0.552. The molecule has 0 spiro atoms. The van der Waals surface area contributed by atoms with Crippen molar-refractivity contribution in [2.75, 3.05) is 5.43 Å². The third-order valence-corrected chi connectivity index (χ3v) is 2.87. The van der Waals surface area contributed by atoms with E-state index in [1.807, 2.05) is 31.2 Å². The zero-order chi connectivity index (χ0) is 13.1. The van der Waals surface area contributed by atoms with Gasteiger partial charge >= 0.3 is 0 Å². The predicted octanol–water partition coefficient (Wildman–Crippen LogP) is 3.08. The molecule has 4 nitrogen and oxygen atoms in total. The summed E-state index contributed by atoms with van der Waals surface area (Å²) in [4.78, 5) is 0. The molecule has 0 heterocycles. The minimum Gasteiger partial charge on any atom is -0.506 e. The number of benzene rings is 1. The fourth-order valence-corrected chi connectivity index (χ4v) is 1.82. The molecule has 1 unspecified atom stereocenters. The highest BCUT2D eigenvalue weighted by atomic mass is 16.3. The van der Waals surface area contributed by atoms with E-state index in [2.05, 4.69) is 17.5 Å². The molecule has 0 bridgehead atoms. The van der Waals surface area contributed by atoms with E-state index in [9.17, 15) is 5.11 Å². The number of hydrogen-bond donors (Lipinski definition) is 3. The minimum absolute atomic E-state index is 0.157. The van der Waals surface area contributed by atoms with Crippen molar-refractivity contribution in [2.45, 2.75) is 20.3 Å². The average molecular weight is 243 g/mol. The molecule has 18 heavy (non-hydrogen) atoms. The Morgan fingerprint density at radius 1 is 1.44 bits per heavy atom. The van der Waals surface area contributed by atoms with Gasteiger partial charge in [-0.1, -0.05) is 19.1 Å². The number of aryl methyl sites for hydroxylation is 1. The van der Waals surface area contributed by atoms with Crippen molar-refractivity contribution >= 4 is 17.1 Å². The van der Waals surface area contributed by atoms with Crippen LogP contribution in [0.2, 0.25) is 0 Å². The van der Waals surface area contributed by atoms with Gasteiger partial charge in [0.2, 0.25) is 0 Å². The van der Waals surface area contributed by atoms with Gasteiger partial charge in [-0.15, -0.1) is 0 Å². The molecule has 0 fully saturated rings. The minimum atomic E-state index is 0.157. The van der Waals surface area contributed by atoms with Crippen LogP contribution in [0.3, 0.4) is 0 Å². The van der Waals surface area contributed by atoms with Crippen molar-refractivity contribution in [3.8, 4) is 5.75 Å². The lowest BCUT2D eigenvalue weighted by Gasteiger charge is -2.14. The molecule has 0 aliphatic heterocycles. The Balaban J connectivity index is 2.18. The van der Waals surface area contributed by atoms with Crippen LogP contribution >= 0.6 is 0 Å². The summed E-state index contributed by atoms with van der Waals surface area (Å²) in [5, 5.41) is 21.7. The summed E-state index contributed by atoms with van der Waals surface area (Å²) >= 11 is 0. The van der Waals surface area contributed by atoms with Crippen molar-refractivity contribution in [2.24, 2.45) is 11.0 Å². The second-order valence-electron chi connectivity index (χ2n) is 4.65. The summed E-state index contributed by atoms with van der Waals surface area (Å²) in [7, 11) is 0. The fraction of sp³-hybridized carbons (Fsp3) is 0.286. The molecule has 0 radical (unpaired) electrons. The number of nitrogens with zero attached hydrogens (tertiary/aromatic N) is 1. The van der Waals surface area contributed by atoms with E-state index in [-0.39, 0.29) is 5.75 Å². The summed E-state index contributed by atoms with van der Waals surface area (Å²) in [6, 6.07) is 5.28. The molecular weight excluding hydrogens is 226 g/mol. The second kappa shape index (κ2) is 5.04. The maximum atomic E-state index is 9.67. The molecule has 4 heteroatoms. The molecule has 1 aromatic rings. The van der Waals surface area contributed by atoms with E-state index in [4.69, 9.17) is 5.41 Å². The lowest BCUT2D eigenvalue weighted by atomic mass is 9.95. The maximum Gasteiger partial charge on any atom is 0.140 e. The van der Waals surface area contributed by atoms with Gasteiger partial charge in [0.15, 0.2) is 0 Å². The van der Waals surface area contributed by atoms with Crippen molar-refractivity contribution < 1.29 is 5.11 Å². The maximum absolute atomic E-state index is 9.67. The first-order chi connectivity index (χ1) is 8.56. The Labute approximate surface area is 107 Å². The molecule has 3 N–H and O–H groups in total. The Bertz CT molecular complexity index is 532. The Hall–Kier alpha value is -2.10. The van der Waals surface area contributed by atoms with Crippen LogP contribution in [0.25, 0.3) is 0 Å². The van der Waals surface area contributed by atoms with Gasteiger partial charge in [-0.3, -0.25) is 5.43 Å². The fourth-order valence-electron chi connectivity index (χ4n) is 1.82. The summed E-state index contributed by atoms with van der Waals surface area (Å²) in [5.74, 6) is 0.550. The van der Waals surface area contributed by atoms with E-state index in [0.717, 1.165) is 5.56 Å². The van der Waals surface area contributed by atoms with Gasteiger partial charge in [-0.05, 0) is 43.0 Å². The van der Waals surface area contributed by atoms with Crippen LogP contribution in [0.1, 0.15) is 18.9 Å². The summed E-state index contributed by atoms with van der Waals surface area (Å²) in [5.41, 5.74) is 5.55. The van der Waals surface area contributed by atoms with Crippen LogP contribution < -0.4 is 5.43 Å². The van der Waals surface area contributed by atoms with Crippen LogP contribution in [0.5, 0.6) is 5.75 Å². The summed E-state index contributed by atoms with van der Waals surface area (Å²) in [6.07, 6.45) is 4.59. The number of hydrogen-bond acceptors (Lipinski definition) is 4. The lowest BCUT2D eigenvalue weighted by molar-refractivity contribution is 0.477. The van der Waals surface area contributed by atoms with Crippen molar-refractivity contribution in [3.63, 3.8) is 0 Å². The molecule has 0 saturated carbocycles. The van der Waals surface area contributed by atoms with Gasteiger partial charge in [0, 0.05) is 0 Å². The smallest absolute Gasteiger partial charge is 0.140 e. The topological polar surface area (TPSA) is 68.5 Å². The number of anilines is 1. The molecule has 2 rings (SSSR count). The van der Waals surface area contributed by atoms with Crippen LogP contribution in [-0.2, 0) is 0 Å². The number of allylic oxidation sites excluding steroid dienone is 2. The molecule has 1 aliphatic carbocycles. The number of hydrazone groups is 1. The first-order valence-corrected chi connectivity index (χ1v) is 5.95. The number of phenolic OH excluding ortho intramolecular Hbond substituents is 1. The average Bonchev–Trinajstić information content (AvgIpc) is 2.32. The molecule has 1 aromatic carbocycles. The molecule has 0 saturated heterocycles. The first kappa shape index (κ1) is 12.4. The second-order valence-corrected chi connectivity index (χ2v) is 4.65. The van der Waals surface area contributed by atoms with Crippen LogP contribution in [-0.4, -0.2) is 16.5 Å². The highest BCUT2D eigenvalue weighted by molar-refractivity contribution is 6.46. The highest BCUT2D eigenvalue weighted by Gasteiger charge is 2.13. The Morgan fingerprint density at radius 3 is 2.94 bits per heavy atom. The molecule has 94 valence electrons. The van der Waals surface area contributed by atoms with Crippen molar-refractivity contribution in [1.82, 2.24) is 0 Å². The van der Waals surface area contributed by atoms with Gasteiger partial charge in [0.1, 0.15) is 11.5 Å². The van der Waals surface area contributed by atoms with E-state index in [1.54, 1.807) is 6.07 Å². The highest BCUT2D eigenvalue weighted by Crippen LogP contribution is 2.24. The molecule has 1 atom stereocenters.